The van der Waals surface area contributed by atoms with Gasteiger partial charge in [0, 0.05) is 23.0 Å². The second-order valence-electron chi connectivity index (χ2n) is 3.99. The largest absolute Gasteiger partial charge is 0.485 e. The normalized spacial score (nSPS) is 12.4. The van der Waals surface area contributed by atoms with Gasteiger partial charge in [-0.3, -0.25) is 0 Å². The Labute approximate surface area is 113 Å². The molecule has 1 aromatic carbocycles. The molecule has 5 nitrogen and oxygen atoms in total. The molecule has 0 unspecified atom stereocenters. The first-order valence-corrected chi connectivity index (χ1v) is 6.32. The van der Waals surface area contributed by atoms with Crippen LogP contribution in [0.15, 0.2) is 27.2 Å². The zero-order valence-corrected chi connectivity index (χ0v) is 11.8. The van der Waals surface area contributed by atoms with Crippen molar-refractivity contribution >= 4 is 15.9 Å². The SMILES string of the molecule is Cc1nc(COc2cc(Br)ccc2[C@H](C)N)no1. The summed E-state index contributed by atoms with van der Waals surface area (Å²) in [4.78, 5) is 4.08. The molecule has 0 aliphatic carbocycles. The summed E-state index contributed by atoms with van der Waals surface area (Å²) in [6.07, 6.45) is 0. The Hall–Kier alpha value is -1.40. The summed E-state index contributed by atoms with van der Waals surface area (Å²) >= 11 is 3.41. The zero-order valence-electron chi connectivity index (χ0n) is 10.2. The molecule has 0 fully saturated rings. The van der Waals surface area contributed by atoms with Crippen molar-refractivity contribution in [1.29, 1.82) is 0 Å². The number of rotatable bonds is 4. The molecule has 0 bridgehead atoms. The number of halogens is 1. The molecule has 1 aromatic heterocycles. The van der Waals surface area contributed by atoms with E-state index >= 15 is 0 Å². The van der Waals surface area contributed by atoms with Gasteiger partial charge in [-0.2, -0.15) is 4.98 Å². The predicted molar refractivity (Wildman–Crippen MR) is 70.1 cm³/mol. The second-order valence-corrected chi connectivity index (χ2v) is 4.90. The monoisotopic (exact) mass is 311 g/mol. The Morgan fingerprint density at radius 3 is 2.89 bits per heavy atom. The molecule has 2 N–H and O–H groups in total. The molecule has 2 aromatic rings. The fraction of sp³-hybridized carbons (Fsp3) is 0.333. The predicted octanol–water partition coefficient (Wildman–Crippen LogP) is 2.74. The van der Waals surface area contributed by atoms with Crippen molar-refractivity contribution in [2.75, 3.05) is 0 Å². The number of aryl methyl sites for hydroxylation is 1. The minimum atomic E-state index is -0.0971. The van der Waals surface area contributed by atoms with Crippen molar-refractivity contribution in [3.63, 3.8) is 0 Å². The van der Waals surface area contributed by atoms with Crippen molar-refractivity contribution in [2.24, 2.45) is 5.73 Å². The molecule has 0 aliphatic rings. The maximum Gasteiger partial charge on any atom is 0.223 e. The molecule has 0 amide bonds. The van der Waals surface area contributed by atoms with Crippen molar-refractivity contribution in [3.05, 3.63) is 40.0 Å². The Balaban J connectivity index is 2.15. The van der Waals surface area contributed by atoms with Gasteiger partial charge >= 0.3 is 0 Å². The maximum absolute atomic E-state index is 5.89. The molecule has 0 radical (unpaired) electrons. The summed E-state index contributed by atoms with van der Waals surface area (Å²) in [5, 5.41) is 3.77. The zero-order chi connectivity index (χ0) is 13.1. The van der Waals surface area contributed by atoms with E-state index in [0.717, 1.165) is 15.8 Å². The number of benzene rings is 1. The van der Waals surface area contributed by atoms with Gasteiger partial charge in [0.25, 0.3) is 0 Å². The quantitative estimate of drug-likeness (QED) is 0.939. The number of nitrogens with two attached hydrogens (primary N) is 1. The first-order valence-electron chi connectivity index (χ1n) is 5.53. The van der Waals surface area contributed by atoms with Gasteiger partial charge in [-0.25, -0.2) is 0 Å². The van der Waals surface area contributed by atoms with Crippen LogP contribution < -0.4 is 10.5 Å². The van der Waals surface area contributed by atoms with Crippen molar-refractivity contribution in [3.8, 4) is 5.75 Å². The van der Waals surface area contributed by atoms with Crippen molar-refractivity contribution in [1.82, 2.24) is 10.1 Å². The molecular weight excluding hydrogens is 298 g/mol. The molecule has 0 saturated heterocycles. The van der Waals surface area contributed by atoms with Crippen LogP contribution >= 0.6 is 15.9 Å². The number of hydrogen-bond donors (Lipinski definition) is 1. The van der Waals surface area contributed by atoms with Gasteiger partial charge in [0.05, 0.1) is 0 Å². The summed E-state index contributed by atoms with van der Waals surface area (Å²) in [6, 6.07) is 5.65. The fourth-order valence-electron chi connectivity index (χ4n) is 1.55. The van der Waals surface area contributed by atoms with E-state index in [1.54, 1.807) is 6.92 Å². The van der Waals surface area contributed by atoms with Crippen molar-refractivity contribution < 1.29 is 9.26 Å². The van der Waals surface area contributed by atoms with E-state index in [2.05, 4.69) is 26.1 Å². The molecule has 18 heavy (non-hydrogen) atoms. The Morgan fingerprint density at radius 2 is 2.28 bits per heavy atom. The van der Waals surface area contributed by atoms with Gasteiger partial charge in [0.2, 0.25) is 11.7 Å². The van der Waals surface area contributed by atoms with Gasteiger partial charge in [-0.05, 0) is 19.1 Å². The first-order chi connectivity index (χ1) is 8.56. The van der Waals surface area contributed by atoms with E-state index in [1.165, 1.54) is 0 Å². The molecule has 1 atom stereocenters. The highest BCUT2D eigenvalue weighted by atomic mass is 79.9. The highest BCUT2D eigenvalue weighted by Crippen LogP contribution is 2.28. The highest BCUT2D eigenvalue weighted by Gasteiger charge is 2.10. The molecule has 1 heterocycles. The van der Waals surface area contributed by atoms with Crippen LogP contribution in [0, 0.1) is 6.92 Å². The van der Waals surface area contributed by atoms with Gasteiger partial charge in [0.15, 0.2) is 6.61 Å². The minimum absolute atomic E-state index is 0.0971. The summed E-state index contributed by atoms with van der Waals surface area (Å²) < 4.78 is 11.5. The number of ether oxygens (including phenoxy) is 1. The van der Waals surface area contributed by atoms with Crippen LogP contribution in [-0.2, 0) is 6.61 Å². The van der Waals surface area contributed by atoms with E-state index in [9.17, 15) is 0 Å². The molecule has 6 heteroatoms. The first kappa shape index (κ1) is 13.0. The lowest BCUT2D eigenvalue weighted by Gasteiger charge is -2.13. The molecule has 96 valence electrons. The van der Waals surface area contributed by atoms with E-state index in [4.69, 9.17) is 15.0 Å². The summed E-state index contributed by atoms with van der Waals surface area (Å²) in [6.45, 7) is 3.91. The maximum atomic E-state index is 5.89. The highest BCUT2D eigenvalue weighted by molar-refractivity contribution is 9.10. The average molecular weight is 312 g/mol. The smallest absolute Gasteiger partial charge is 0.223 e. The lowest BCUT2D eigenvalue weighted by atomic mass is 10.1. The lowest BCUT2D eigenvalue weighted by molar-refractivity contribution is 0.282. The van der Waals surface area contributed by atoms with Crippen LogP contribution in [0.4, 0.5) is 0 Å². The summed E-state index contributed by atoms with van der Waals surface area (Å²) in [5.41, 5.74) is 6.84. The molecule has 2 rings (SSSR count). The molecule has 0 aliphatic heterocycles. The Kier molecular flexibility index (Phi) is 3.98. The standard InChI is InChI=1S/C12H14BrN3O2/c1-7(14)10-4-3-9(13)5-11(10)17-6-12-15-8(2)18-16-12/h3-5,7H,6,14H2,1-2H3/t7-/m0/s1. The van der Waals surface area contributed by atoms with E-state index in [1.807, 2.05) is 25.1 Å². The van der Waals surface area contributed by atoms with Crippen LogP contribution in [0.1, 0.15) is 30.2 Å². The van der Waals surface area contributed by atoms with Gasteiger partial charge < -0.3 is 15.0 Å². The number of hydrogen-bond acceptors (Lipinski definition) is 5. The number of nitrogens with zero attached hydrogens (tertiary/aromatic N) is 2. The summed E-state index contributed by atoms with van der Waals surface area (Å²) in [5.74, 6) is 1.76. The van der Waals surface area contributed by atoms with Crippen LogP contribution in [0.5, 0.6) is 5.75 Å². The van der Waals surface area contributed by atoms with Crippen LogP contribution in [0.2, 0.25) is 0 Å². The van der Waals surface area contributed by atoms with Crippen LogP contribution in [0.25, 0.3) is 0 Å². The van der Waals surface area contributed by atoms with Crippen molar-refractivity contribution in [2.45, 2.75) is 26.5 Å². The Morgan fingerprint density at radius 1 is 1.50 bits per heavy atom. The topological polar surface area (TPSA) is 74.2 Å². The van der Waals surface area contributed by atoms with Gasteiger partial charge in [-0.1, -0.05) is 27.2 Å². The van der Waals surface area contributed by atoms with Crippen LogP contribution in [0.3, 0.4) is 0 Å². The van der Waals surface area contributed by atoms with Gasteiger partial charge in [-0.15, -0.1) is 0 Å². The average Bonchev–Trinajstić information content (AvgIpc) is 2.72. The van der Waals surface area contributed by atoms with E-state index in [0.29, 0.717) is 11.7 Å². The lowest BCUT2D eigenvalue weighted by Crippen LogP contribution is -2.08. The Bertz CT molecular complexity index is 540. The van der Waals surface area contributed by atoms with E-state index in [-0.39, 0.29) is 12.6 Å². The third kappa shape index (κ3) is 3.08. The van der Waals surface area contributed by atoms with Gasteiger partial charge in [0.1, 0.15) is 5.75 Å². The second kappa shape index (κ2) is 5.49. The fourth-order valence-corrected chi connectivity index (χ4v) is 1.89. The third-order valence-electron chi connectivity index (χ3n) is 2.39. The number of aromatic nitrogens is 2. The molecular formula is C12H14BrN3O2. The molecule has 0 spiro atoms. The molecule has 0 saturated carbocycles. The summed E-state index contributed by atoms with van der Waals surface area (Å²) in [7, 11) is 0. The minimum Gasteiger partial charge on any atom is -0.485 e. The van der Waals surface area contributed by atoms with E-state index < -0.39 is 0 Å². The third-order valence-corrected chi connectivity index (χ3v) is 2.89. The van der Waals surface area contributed by atoms with Crippen LogP contribution in [-0.4, -0.2) is 10.1 Å².